The lowest BCUT2D eigenvalue weighted by atomic mass is 10.1. The molecule has 0 saturated carbocycles. The zero-order chi connectivity index (χ0) is 14.5. The van der Waals surface area contributed by atoms with Crippen molar-refractivity contribution in [1.82, 2.24) is 9.88 Å². The van der Waals surface area contributed by atoms with Crippen molar-refractivity contribution in [3.05, 3.63) is 35.0 Å². The smallest absolute Gasteiger partial charge is 0.0498 e. The average Bonchev–Trinajstić information content (AvgIpc) is 2.74. The molecular weight excluding hydrogens is 268 g/mol. The van der Waals surface area contributed by atoms with Crippen LogP contribution < -0.4 is 5.32 Å². The summed E-state index contributed by atoms with van der Waals surface area (Å²) in [5.74, 6) is 0. The largest absolute Gasteiger partial charge is 0.347 e. The number of hydrogen-bond donors (Lipinski definition) is 1. The summed E-state index contributed by atoms with van der Waals surface area (Å²) < 4.78 is 2.36. The van der Waals surface area contributed by atoms with Gasteiger partial charge >= 0.3 is 0 Å². The lowest BCUT2D eigenvalue weighted by Gasteiger charge is -2.06. The number of nitrogens with one attached hydrogen (secondary N) is 1. The van der Waals surface area contributed by atoms with E-state index < -0.39 is 0 Å². The number of unbranched alkanes of at least 4 members (excludes halogenated alkanes) is 2. The van der Waals surface area contributed by atoms with E-state index in [4.69, 9.17) is 11.6 Å². The first-order chi connectivity index (χ1) is 9.61. The Bertz CT molecular complexity index is 557. The van der Waals surface area contributed by atoms with Crippen molar-refractivity contribution in [2.75, 3.05) is 0 Å². The first-order valence-corrected chi connectivity index (χ1v) is 8.00. The Morgan fingerprint density at radius 3 is 2.75 bits per heavy atom. The Kier molecular flexibility index (Phi) is 5.50. The molecule has 0 aliphatic carbocycles. The van der Waals surface area contributed by atoms with Gasteiger partial charge in [0.15, 0.2) is 0 Å². The van der Waals surface area contributed by atoms with Gasteiger partial charge in [0.25, 0.3) is 0 Å². The molecule has 2 rings (SSSR count). The van der Waals surface area contributed by atoms with Crippen molar-refractivity contribution < 1.29 is 0 Å². The number of hydrogen-bond acceptors (Lipinski definition) is 1. The molecule has 1 aromatic carbocycles. The van der Waals surface area contributed by atoms with Gasteiger partial charge in [0.1, 0.15) is 0 Å². The van der Waals surface area contributed by atoms with E-state index in [1.165, 1.54) is 35.7 Å². The van der Waals surface area contributed by atoms with Gasteiger partial charge in [-0.05, 0) is 24.1 Å². The Balaban J connectivity index is 2.28. The molecule has 0 aliphatic rings. The van der Waals surface area contributed by atoms with Crippen LogP contribution in [0.15, 0.2) is 24.4 Å². The third-order valence-corrected chi connectivity index (χ3v) is 3.87. The van der Waals surface area contributed by atoms with Crippen LogP contribution >= 0.6 is 11.6 Å². The number of fused-ring (bicyclic) bond motifs is 1. The predicted molar refractivity (Wildman–Crippen MR) is 88.4 cm³/mol. The summed E-state index contributed by atoms with van der Waals surface area (Å²) in [6.07, 6.45) is 6.04. The van der Waals surface area contributed by atoms with Crippen molar-refractivity contribution in [3.8, 4) is 0 Å². The highest BCUT2D eigenvalue weighted by Crippen LogP contribution is 2.25. The molecule has 0 aliphatic heterocycles. The molecule has 1 N–H and O–H groups in total. The van der Waals surface area contributed by atoms with Gasteiger partial charge in [-0.3, -0.25) is 0 Å². The van der Waals surface area contributed by atoms with Crippen molar-refractivity contribution in [3.63, 3.8) is 0 Å². The lowest BCUT2D eigenvalue weighted by molar-refractivity contribution is 0.585. The van der Waals surface area contributed by atoms with E-state index in [9.17, 15) is 0 Å². The molecule has 0 amide bonds. The number of nitrogens with zero attached hydrogens (tertiary/aromatic N) is 1. The Morgan fingerprint density at radius 1 is 1.25 bits per heavy atom. The summed E-state index contributed by atoms with van der Waals surface area (Å²) in [4.78, 5) is 0. The number of rotatable bonds is 7. The van der Waals surface area contributed by atoms with Crippen molar-refractivity contribution in [1.29, 1.82) is 0 Å². The molecular formula is C17H25ClN2. The maximum absolute atomic E-state index is 6.16. The molecule has 0 saturated heterocycles. The molecule has 1 aromatic heterocycles. The molecule has 0 radical (unpaired) electrons. The highest BCUT2D eigenvalue weighted by molar-refractivity contribution is 6.31. The summed E-state index contributed by atoms with van der Waals surface area (Å²) >= 11 is 6.16. The van der Waals surface area contributed by atoms with Crippen LogP contribution in [0.25, 0.3) is 10.9 Å². The molecule has 0 atom stereocenters. The van der Waals surface area contributed by atoms with Crippen LogP contribution in [-0.4, -0.2) is 10.6 Å². The molecule has 0 spiro atoms. The van der Waals surface area contributed by atoms with E-state index >= 15 is 0 Å². The summed E-state index contributed by atoms with van der Waals surface area (Å²) in [7, 11) is 0. The van der Waals surface area contributed by atoms with Gasteiger partial charge in [0.2, 0.25) is 0 Å². The van der Waals surface area contributed by atoms with Crippen molar-refractivity contribution >= 4 is 22.5 Å². The monoisotopic (exact) mass is 292 g/mol. The van der Waals surface area contributed by atoms with Gasteiger partial charge in [0.05, 0.1) is 0 Å². The fourth-order valence-corrected chi connectivity index (χ4v) is 2.68. The molecule has 3 heteroatoms. The van der Waals surface area contributed by atoms with Crippen LogP contribution in [0.1, 0.15) is 45.6 Å². The van der Waals surface area contributed by atoms with E-state index in [1.807, 2.05) is 6.07 Å². The first-order valence-electron chi connectivity index (χ1n) is 7.62. The van der Waals surface area contributed by atoms with E-state index in [2.05, 4.69) is 49.0 Å². The standard InChI is InChI=1S/C17H25ClN2/c1-4-5-6-9-20-12-14(11-19-13(2)3)16-8-7-15(18)10-17(16)20/h7-8,10,12-13,19H,4-6,9,11H2,1-3H3. The van der Waals surface area contributed by atoms with Crippen LogP contribution in [0.2, 0.25) is 5.02 Å². The molecule has 0 bridgehead atoms. The van der Waals surface area contributed by atoms with Gasteiger partial charge in [-0.25, -0.2) is 0 Å². The van der Waals surface area contributed by atoms with Crippen LogP contribution in [0.3, 0.4) is 0 Å². The summed E-state index contributed by atoms with van der Waals surface area (Å²) in [6, 6.07) is 6.72. The summed E-state index contributed by atoms with van der Waals surface area (Å²) in [5, 5.41) is 5.64. The summed E-state index contributed by atoms with van der Waals surface area (Å²) in [6.45, 7) is 8.58. The quantitative estimate of drug-likeness (QED) is 0.712. The third-order valence-electron chi connectivity index (χ3n) is 3.63. The lowest BCUT2D eigenvalue weighted by Crippen LogP contribution is -2.21. The summed E-state index contributed by atoms with van der Waals surface area (Å²) in [5.41, 5.74) is 2.62. The van der Waals surface area contributed by atoms with Gasteiger partial charge in [-0.15, -0.1) is 0 Å². The van der Waals surface area contributed by atoms with E-state index in [-0.39, 0.29) is 0 Å². The zero-order valence-corrected chi connectivity index (χ0v) is 13.5. The average molecular weight is 293 g/mol. The fraction of sp³-hybridized carbons (Fsp3) is 0.529. The van der Waals surface area contributed by atoms with Crippen LogP contribution in [0, 0.1) is 0 Å². The minimum atomic E-state index is 0.501. The van der Waals surface area contributed by atoms with Crippen LogP contribution in [0.4, 0.5) is 0 Å². The van der Waals surface area contributed by atoms with Crippen LogP contribution in [-0.2, 0) is 13.1 Å². The molecule has 2 nitrogen and oxygen atoms in total. The fourth-order valence-electron chi connectivity index (χ4n) is 2.51. The molecule has 0 fully saturated rings. The number of aromatic nitrogens is 1. The Hall–Kier alpha value is -0.990. The highest BCUT2D eigenvalue weighted by Gasteiger charge is 2.09. The SMILES string of the molecule is CCCCCn1cc(CNC(C)C)c2ccc(Cl)cc21. The number of halogens is 1. The van der Waals surface area contributed by atoms with E-state index in [0.717, 1.165) is 18.1 Å². The topological polar surface area (TPSA) is 17.0 Å². The van der Waals surface area contributed by atoms with Gasteiger partial charge < -0.3 is 9.88 Å². The van der Waals surface area contributed by atoms with Crippen molar-refractivity contribution in [2.45, 2.75) is 59.2 Å². The third kappa shape index (κ3) is 3.77. The zero-order valence-electron chi connectivity index (χ0n) is 12.7. The number of aryl methyl sites for hydroxylation is 1. The molecule has 110 valence electrons. The van der Waals surface area contributed by atoms with E-state index in [0.29, 0.717) is 6.04 Å². The van der Waals surface area contributed by atoms with Gasteiger partial charge in [-0.2, -0.15) is 0 Å². The Labute approximate surface area is 127 Å². The molecule has 2 aromatic rings. The first kappa shape index (κ1) is 15.4. The minimum absolute atomic E-state index is 0.501. The maximum atomic E-state index is 6.16. The maximum Gasteiger partial charge on any atom is 0.0498 e. The van der Waals surface area contributed by atoms with Gasteiger partial charge in [-0.1, -0.05) is 51.3 Å². The molecule has 1 heterocycles. The van der Waals surface area contributed by atoms with Crippen LogP contribution in [0.5, 0.6) is 0 Å². The predicted octanol–water partition coefficient (Wildman–Crippen LogP) is 4.98. The molecule has 0 unspecified atom stereocenters. The highest BCUT2D eigenvalue weighted by atomic mass is 35.5. The molecule has 20 heavy (non-hydrogen) atoms. The Morgan fingerprint density at radius 2 is 2.05 bits per heavy atom. The number of benzene rings is 1. The second-order valence-electron chi connectivity index (χ2n) is 5.75. The second kappa shape index (κ2) is 7.14. The van der Waals surface area contributed by atoms with Gasteiger partial charge in [0, 0.05) is 41.3 Å². The minimum Gasteiger partial charge on any atom is -0.347 e. The van der Waals surface area contributed by atoms with E-state index in [1.54, 1.807) is 0 Å². The van der Waals surface area contributed by atoms with Crippen molar-refractivity contribution in [2.24, 2.45) is 0 Å². The second-order valence-corrected chi connectivity index (χ2v) is 6.19. The normalized spacial score (nSPS) is 11.7.